The van der Waals surface area contributed by atoms with Crippen molar-refractivity contribution < 1.29 is 9.18 Å². The summed E-state index contributed by atoms with van der Waals surface area (Å²) in [6.07, 6.45) is 5.42. The maximum atomic E-state index is 13.0. The number of rotatable bonds is 4. The molecule has 1 N–H and O–H groups in total. The number of hydrogen-bond donors (Lipinski definition) is 1. The first-order valence-electron chi connectivity index (χ1n) is 6.34. The van der Waals surface area contributed by atoms with Crippen molar-refractivity contribution in [2.45, 2.75) is 31.1 Å². The van der Waals surface area contributed by atoms with Crippen LogP contribution in [0.1, 0.15) is 31.2 Å². The molecule has 0 spiro atoms. The summed E-state index contributed by atoms with van der Waals surface area (Å²) in [7, 11) is 0. The average Bonchev–Trinajstić information content (AvgIpc) is 2.87. The molecule has 0 saturated heterocycles. The third-order valence-corrected chi connectivity index (χ3v) is 3.70. The normalized spacial score (nSPS) is 17.4. The summed E-state index contributed by atoms with van der Waals surface area (Å²) in [5.41, 5.74) is 0.444. The molecule has 1 aliphatic rings. The van der Waals surface area contributed by atoms with Gasteiger partial charge >= 0.3 is 0 Å². The molecule has 0 radical (unpaired) electrons. The second-order valence-electron chi connectivity index (χ2n) is 4.79. The Morgan fingerprint density at radius 2 is 1.94 bits per heavy atom. The molecule has 96 valence electrons. The second kappa shape index (κ2) is 5.34. The van der Waals surface area contributed by atoms with Crippen LogP contribution in [0.25, 0.3) is 0 Å². The van der Waals surface area contributed by atoms with Crippen molar-refractivity contribution in [3.63, 3.8) is 0 Å². The maximum Gasteiger partial charge on any atom is 0.230 e. The predicted octanol–water partition coefficient (Wildman–Crippen LogP) is 2.94. The molecule has 18 heavy (non-hydrogen) atoms. The molecule has 0 aromatic heterocycles. The molecule has 2 nitrogen and oxygen atoms in total. The van der Waals surface area contributed by atoms with E-state index in [4.69, 9.17) is 0 Å². The van der Waals surface area contributed by atoms with Crippen LogP contribution in [0.3, 0.4) is 0 Å². The van der Waals surface area contributed by atoms with Crippen LogP contribution in [0.4, 0.5) is 4.39 Å². The quantitative estimate of drug-likeness (QED) is 0.814. The van der Waals surface area contributed by atoms with Gasteiger partial charge in [0.15, 0.2) is 0 Å². The lowest BCUT2D eigenvalue weighted by Gasteiger charge is -2.28. The van der Waals surface area contributed by atoms with Crippen LogP contribution in [0, 0.1) is 5.82 Å². The number of halogens is 1. The highest BCUT2D eigenvalue weighted by Crippen LogP contribution is 2.41. The van der Waals surface area contributed by atoms with Gasteiger partial charge in [0, 0.05) is 6.54 Å². The van der Waals surface area contributed by atoms with Crippen LogP contribution in [0.5, 0.6) is 0 Å². The monoisotopic (exact) mass is 247 g/mol. The first-order chi connectivity index (χ1) is 8.69. The van der Waals surface area contributed by atoms with Crippen molar-refractivity contribution in [2.24, 2.45) is 0 Å². The molecular formula is C15H18FNO. The van der Waals surface area contributed by atoms with E-state index < -0.39 is 5.41 Å². The lowest BCUT2D eigenvalue weighted by molar-refractivity contribution is -0.126. The molecule has 1 amide bonds. The molecule has 0 bridgehead atoms. The minimum atomic E-state index is -0.475. The third kappa shape index (κ3) is 2.30. The minimum absolute atomic E-state index is 0.0338. The smallest absolute Gasteiger partial charge is 0.230 e. The molecule has 1 aromatic rings. The third-order valence-electron chi connectivity index (χ3n) is 3.70. The molecule has 1 aliphatic carbocycles. The van der Waals surface area contributed by atoms with Gasteiger partial charge in [-0.25, -0.2) is 4.39 Å². The van der Waals surface area contributed by atoms with Gasteiger partial charge in [-0.15, -0.1) is 6.58 Å². The Morgan fingerprint density at radius 1 is 1.33 bits per heavy atom. The molecule has 1 saturated carbocycles. The Morgan fingerprint density at radius 3 is 2.50 bits per heavy atom. The van der Waals surface area contributed by atoms with Crippen molar-refractivity contribution in [1.82, 2.24) is 5.32 Å². The number of hydrogen-bond acceptors (Lipinski definition) is 1. The van der Waals surface area contributed by atoms with E-state index in [2.05, 4.69) is 11.9 Å². The van der Waals surface area contributed by atoms with Crippen molar-refractivity contribution in [1.29, 1.82) is 0 Å². The fourth-order valence-electron chi connectivity index (χ4n) is 2.73. The van der Waals surface area contributed by atoms with Gasteiger partial charge in [-0.1, -0.05) is 31.1 Å². The lowest BCUT2D eigenvalue weighted by Crippen LogP contribution is -2.42. The summed E-state index contributed by atoms with van der Waals surface area (Å²) in [6.45, 7) is 4.08. The van der Waals surface area contributed by atoms with Gasteiger partial charge < -0.3 is 5.32 Å². The highest BCUT2D eigenvalue weighted by Gasteiger charge is 2.42. The maximum absolute atomic E-state index is 13.0. The number of amides is 1. The molecule has 0 atom stereocenters. The van der Waals surface area contributed by atoms with E-state index >= 15 is 0 Å². The SMILES string of the molecule is C=CCNC(=O)C1(c2ccc(F)cc2)CCCC1. The van der Waals surface area contributed by atoms with Crippen molar-refractivity contribution in [3.05, 3.63) is 48.3 Å². The summed E-state index contributed by atoms with van der Waals surface area (Å²) in [5.74, 6) is -0.232. The first-order valence-corrected chi connectivity index (χ1v) is 6.34. The number of carbonyl (C=O) groups is 1. The first kappa shape index (κ1) is 12.8. The van der Waals surface area contributed by atoms with Crippen molar-refractivity contribution in [3.8, 4) is 0 Å². The van der Waals surface area contributed by atoms with Gasteiger partial charge in [-0.05, 0) is 30.5 Å². The molecule has 3 heteroatoms. The van der Waals surface area contributed by atoms with E-state index in [0.717, 1.165) is 31.2 Å². The Balaban J connectivity index is 2.28. The van der Waals surface area contributed by atoms with E-state index in [1.165, 1.54) is 12.1 Å². The molecule has 2 rings (SSSR count). The summed E-state index contributed by atoms with van der Waals surface area (Å²) in [6, 6.07) is 6.31. The van der Waals surface area contributed by atoms with Gasteiger partial charge in [0.2, 0.25) is 5.91 Å². The van der Waals surface area contributed by atoms with Crippen LogP contribution in [0.15, 0.2) is 36.9 Å². The van der Waals surface area contributed by atoms with E-state index in [1.807, 2.05) is 0 Å². The van der Waals surface area contributed by atoms with Gasteiger partial charge in [0.1, 0.15) is 5.82 Å². The molecular weight excluding hydrogens is 229 g/mol. The van der Waals surface area contributed by atoms with Crippen molar-refractivity contribution >= 4 is 5.91 Å². The summed E-state index contributed by atoms with van der Waals surface area (Å²) in [4.78, 5) is 12.4. The number of nitrogens with one attached hydrogen (secondary N) is 1. The zero-order valence-corrected chi connectivity index (χ0v) is 10.4. The highest BCUT2D eigenvalue weighted by atomic mass is 19.1. The van der Waals surface area contributed by atoms with Gasteiger partial charge in [-0.3, -0.25) is 4.79 Å². The zero-order valence-electron chi connectivity index (χ0n) is 10.4. The van der Waals surface area contributed by atoms with E-state index in [1.54, 1.807) is 18.2 Å². The van der Waals surface area contributed by atoms with E-state index in [9.17, 15) is 9.18 Å². The van der Waals surface area contributed by atoms with Gasteiger partial charge in [-0.2, -0.15) is 0 Å². The van der Waals surface area contributed by atoms with Crippen LogP contribution in [0.2, 0.25) is 0 Å². The predicted molar refractivity (Wildman–Crippen MR) is 69.8 cm³/mol. The summed E-state index contributed by atoms with van der Waals surface area (Å²) < 4.78 is 13.0. The Kier molecular flexibility index (Phi) is 3.80. The van der Waals surface area contributed by atoms with Gasteiger partial charge in [0.25, 0.3) is 0 Å². The molecule has 0 heterocycles. The van der Waals surface area contributed by atoms with Crippen LogP contribution >= 0.6 is 0 Å². The van der Waals surface area contributed by atoms with E-state index in [0.29, 0.717) is 6.54 Å². The lowest BCUT2D eigenvalue weighted by atomic mass is 9.78. The minimum Gasteiger partial charge on any atom is -0.352 e. The second-order valence-corrected chi connectivity index (χ2v) is 4.79. The van der Waals surface area contributed by atoms with Crippen LogP contribution in [-0.4, -0.2) is 12.5 Å². The highest BCUT2D eigenvalue weighted by molar-refractivity contribution is 5.88. The summed E-state index contributed by atoms with van der Waals surface area (Å²) in [5, 5.41) is 2.88. The zero-order chi connectivity index (χ0) is 13.0. The largest absolute Gasteiger partial charge is 0.352 e. The standard InChI is InChI=1S/C15H18FNO/c1-2-11-17-14(18)15(9-3-4-10-15)12-5-7-13(16)8-6-12/h2,5-8H,1,3-4,9-11H2,(H,17,18). The van der Waals surface area contributed by atoms with Crippen LogP contribution < -0.4 is 5.32 Å². The van der Waals surface area contributed by atoms with Crippen LogP contribution in [-0.2, 0) is 10.2 Å². The van der Waals surface area contributed by atoms with E-state index in [-0.39, 0.29) is 11.7 Å². The summed E-state index contributed by atoms with van der Waals surface area (Å²) >= 11 is 0. The Hall–Kier alpha value is -1.64. The number of carbonyl (C=O) groups excluding carboxylic acids is 1. The molecule has 0 aliphatic heterocycles. The van der Waals surface area contributed by atoms with Crippen molar-refractivity contribution in [2.75, 3.05) is 6.54 Å². The molecule has 0 unspecified atom stereocenters. The fraction of sp³-hybridized carbons (Fsp3) is 0.400. The van der Waals surface area contributed by atoms with Gasteiger partial charge in [0.05, 0.1) is 5.41 Å². The molecule has 1 aromatic carbocycles. The average molecular weight is 247 g/mol. The topological polar surface area (TPSA) is 29.1 Å². The molecule has 1 fully saturated rings. The number of benzene rings is 1. The Bertz CT molecular complexity index is 432. The Labute approximate surface area is 107 Å². The fourth-order valence-corrected chi connectivity index (χ4v) is 2.73.